The number of furan rings is 1. The van der Waals surface area contributed by atoms with Gasteiger partial charge in [0, 0.05) is 17.6 Å². The average molecular weight is 368 g/mol. The van der Waals surface area contributed by atoms with Gasteiger partial charge in [-0.15, -0.1) is 0 Å². The standard InChI is InChI=1S/C20H20N2O5/c1-12-10-15(12)16-6-3-14(27-16)4-7-19(23)21-22-20(24)13-2-5-17-18(11-13)26-9-8-25-17/h2-7,11-12,15H,8-10H2,1H3,(H,21,23)(H,22,24)/b7-4+. The van der Waals surface area contributed by atoms with Crippen LogP contribution in [0, 0.1) is 5.92 Å². The molecule has 0 spiro atoms. The normalized spacial score (nSPS) is 20.3. The Hall–Kier alpha value is -3.22. The lowest BCUT2D eigenvalue weighted by atomic mass is 10.2. The van der Waals surface area contributed by atoms with Gasteiger partial charge < -0.3 is 13.9 Å². The fourth-order valence-electron chi connectivity index (χ4n) is 2.95. The Morgan fingerprint density at radius 3 is 2.63 bits per heavy atom. The number of amides is 2. The van der Waals surface area contributed by atoms with Crippen molar-refractivity contribution in [2.45, 2.75) is 19.3 Å². The zero-order chi connectivity index (χ0) is 18.8. The van der Waals surface area contributed by atoms with Crippen LogP contribution in [0.15, 0.2) is 40.8 Å². The quantitative estimate of drug-likeness (QED) is 0.640. The molecule has 2 heterocycles. The van der Waals surface area contributed by atoms with Crippen molar-refractivity contribution in [2.24, 2.45) is 5.92 Å². The third-order valence-electron chi connectivity index (χ3n) is 4.63. The number of hydrogen-bond donors (Lipinski definition) is 2. The maximum absolute atomic E-state index is 12.2. The highest BCUT2D eigenvalue weighted by Gasteiger charge is 2.36. The van der Waals surface area contributed by atoms with Gasteiger partial charge in [0.05, 0.1) is 0 Å². The minimum Gasteiger partial charge on any atom is -0.486 e. The van der Waals surface area contributed by atoms with Crippen molar-refractivity contribution >= 4 is 17.9 Å². The maximum Gasteiger partial charge on any atom is 0.269 e. The summed E-state index contributed by atoms with van der Waals surface area (Å²) >= 11 is 0. The van der Waals surface area contributed by atoms with Crippen molar-refractivity contribution in [1.82, 2.24) is 10.9 Å². The summed E-state index contributed by atoms with van der Waals surface area (Å²) in [4.78, 5) is 24.1. The van der Waals surface area contributed by atoms with Gasteiger partial charge in [0.25, 0.3) is 11.8 Å². The molecule has 1 aliphatic heterocycles. The topological polar surface area (TPSA) is 89.8 Å². The molecule has 0 bridgehead atoms. The molecule has 1 aromatic heterocycles. The van der Waals surface area contributed by atoms with E-state index in [0.717, 1.165) is 12.2 Å². The first-order chi connectivity index (χ1) is 13.1. The van der Waals surface area contributed by atoms with E-state index in [1.807, 2.05) is 12.1 Å². The van der Waals surface area contributed by atoms with Crippen molar-refractivity contribution < 1.29 is 23.5 Å². The van der Waals surface area contributed by atoms with E-state index in [1.54, 1.807) is 24.3 Å². The summed E-state index contributed by atoms with van der Waals surface area (Å²) in [6, 6.07) is 8.62. The molecule has 1 fully saturated rings. The zero-order valence-electron chi connectivity index (χ0n) is 14.9. The maximum atomic E-state index is 12.2. The number of rotatable bonds is 4. The molecule has 2 N–H and O–H groups in total. The van der Waals surface area contributed by atoms with Gasteiger partial charge in [-0.3, -0.25) is 20.4 Å². The first-order valence-electron chi connectivity index (χ1n) is 8.88. The van der Waals surface area contributed by atoms with Crippen LogP contribution in [-0.2, 0) is 4.79 Å². The van der Waals surface area contributed by atoms with Crippen molar-refractivity contribution in [2.75, 3.05) is 13.2 Å². The molecule has 1 saturated carbocycles. The predicted molar refractivity (Wildman–Crippen MR) is 97.3 cm³/mol. The van der Waals surface area contributed by atoms with E-state index in [1.165, 1.54) is 6.08 Å². The molecular formula is C20H20N2O5. The van der Waals surface area contributed by atoms with E-state index >= 15 is 0 Å². The molecular weight excluding hydrogens is 348 g/mol. The highest BCUT2D eigenvalue weighted by Crippen LogP contribution is 2.47. The Labute approximate surface area is 156 Å². The number of fused-ring (bicyclic) bond motifs is 1. The molecule has 27 heavy (non-hydrogen) atoms. The molecule has 7 heteroatoms. The number of benzene rings is 1. The molecule has 2 aliphatic rings. The average Bonchev–Trinajstić information content (AvgIpc) is 3.23. The fraction of sp³-hybridized carbons (Fsp3) is 0.300. The van der Waals surface area contributed by atoms with Gasteiger partial charge in [-0.25, -0.2) is 0 Å². The van der Waals surface area contributed by atoms with Gasteiger partial charge in [-0.05, 0) is 48.7 Å². The summed E-state index contributed by atoms with van der Waals surface area (Å²) in [5.41, 5.74) is 5.06. The SMILES string of the molecule is CC1CC1c1ccc(/C=C/C(=O)NNC(=O)c2ccc3c(c2)OCCO3)o1. The summed E-state index contributed by atoms with van der Waals surface area (Å²) in [7, 11) is 0. The largest absolute Gasteiger partial charge is 0.486 e. The van der Waals surface area contributed by atoms with Crippen molar-refractivity contribution in [3.63, 3.8) is 0 Å². The first-order valence-corrected chi connectivity index (χ1v) is 8.88. The Bertz CT molecular complexity index is 902. The monoisotopic (exact) mass is 368 g/mol. The van der Waals surface area contributed by atoms with Crippen LogP contribution in [0.25, 0.3) is 6.08 Å². The van der Waals surface area contributed by atoms with Crippen LogP contribution in [0.1, 0.15) is 41.1 Å². The molecule has 0 radical (unpaired) electrons. The van der Waals surface area contributed by atoms with Crippen LogP contribution in [0.4, 0.5) is 0 Å². The third kappa shape index (κ3) is 3.97. The number of carbonyl (C=O) groups is 2. The van der Waals surface area contributed by atoms with Gasteiger partial charge in [-0.1, -0.05) is 6.92 Å². The lowest BCUT2D eigenvalue weighted by molar-refractivity contribution is -0.117. The minimum atomic E-state index is -0.460. The Morgan fingerprint density at radius 1 is 1.07 bits per heavy atom. The Morgan fingerprint density at radius 2 is 1.85 bits per heavy atom. The molecule has 2 unspecified atom stereocenters. The summed E-state index contributed by atoms with van der Waals surface area (Å²) < 4.78 is 16.6. The molecule has 2 atom stereocenters. The van der Waals surface area contributed by atoms with E-state index in [9.17, 15) is 9.59 Å². The summed E-state index contributed by atoms with van der Waals surface area (Å²) in [6.07, 6.45) is 4.02. The Balaban J connectivity index is 1.29. The molecule has 4 rings (SSSR count). The van der Waals surface area contributed by atoms with Gasteiger partial charge in [0.15, 0.2) is 11.5 Å². The second-order valence-electron chi connectivity index (χ2n) is 6.69. The second kappa shape index (κ2) is 7.19. The van der Waals surface area contributed by atoms with Crippen LogP contribution in [-0.4, -0.2) is 25.0 Å². The lowest BCUT2D eigenvalue weighted by Crippen LogP contribution is -2.40. The minimum absolute atomic E-state index is 0.359. The van der Waals surface area contributed by atoms with Crippen LogP contribution in [0.3, 0.4) is 0 Å². The van der Waals surface area contributed by atoms with E-state index in [0.29, 0.717) is 47.9 Å². The molecule has 0 saturated heterocycles. The van der Waals surface area contributed by atoms with E-state index < -0.39 is 11.8 Å². The summed E-state index contributed by atoms with van der Waals surface area (Å²) in [5, 5.41) is 0. The molecule has 2 amide bonds. The molecule has 1 aliphatic carbocycles. The van der Waals surface area contributed by atoms with Crippen LogP contribution in [0.5, 0.6) is 11.5 Å². The second-order valence-corrected chi connectivity index (χ2v) is 6.69. The molecule has 7 nitrogen and oxygen atoms in total. The molecule has 140 valence electrons. The van der Waals surface area contributed by atoms with Gasteiger partial charge in [0.2, 0.25) is 0 Å². The van der Waals surface area contributed by atoms with Crippen LogP contribution >= 0.6 is 0 Å². The van der Waals surface area contributed by atoms with E-state index in [2.05, 4.69) is 17.8 Å². The molecule has 2 aromatic rings. The number of nitrogens with one attached hydrogen (secondary N) is 2. The van der Waals surface area contributed by atoms with Gasteiger partial charge in [-0.2, -0.15) is 0 Å². The summed E-state index contributed by atoms with van der Waals surface area (Å²) in [6.45, 7) is 3.10. The highest BCUT2D eigenvalue weighted by molar-refractivity contribution is 5.98. The number of carbonyl (C=O) groups excluding carboxylic acids is 2. The lowest BCUT2D eigenvalue weighted by Gasteiger charge is -2.18. The number of hydrogen-bond acceptors (Lipinski definition) is 5. The third-order valence-corrected chi connectivity index (χ3v) is 4.63. The van der Waals surface area contributed by atoms with Gasteiger partial charge in [0.1, 0.15) is 24.7 Å². The van der Waals surface area contributed by atoms with Crippen molar-refractivity contribution in [3.8, 4) is 11.5 Å². The van der Waals surface area contributed by atoms with Crippen LogP contribution < -0.4 is 20.3 Å². The van der Waals surface area contributed by atoms with Crippen LogP contribution in [0.2, 0.25) is 0 Å². The number of hydrazine groups is 1. The number of ether oxygens (including phenoxy) is 2. The van der Waals surface area contributed by atoms with Crippen molar-refractivity contribution in [3.05, 3.63) is 53.5 Å². The first kappa shape index (κ1) is 17.2. The van der Waals surface area contributed by atoms with E-state index in [-0.39, 0.29) is 0 Å². The highest BCUT2D eigenvalue weighted by atomic mass is 16.6. The van der Waals surface area contributed by atoms with E-state index in [4.69, 9.17) is 13.9 Å². The molecule has 1 aromatic carbocycles. The van der Waals surface area contributed by atoms with Gasteiger partial charge >= 0.3 is 0 Å². The zero-order valence-corrected chi connectivity index (χ0v) is 14.9. The smallest absolute Gasteiger partial charge is 0.269 e. The Kier molecular flexibility index (Phi) is 4.58. The summed E-state index contributed by atoms with van der Waals surface area (Å²) in [5.74, 6) is 2.92. The predicted octanol–water partition coefficient (Wildman–Crippen LogP) is 2.65. The fourth-order valence-corrected chi connectivity index (χ4v) is 2.95. The van der Waals surface area contributed by atoms with Crippen molar-refractivity contribution in [1.29, 1.82) is 0 Å².